The zero-order valence-electron chi connectivity index (χ0n) is 18.2. The van der Waals surface area contributed by atoms with Gasteiger partial charge in [0.15, 0.2) is 0 Å². The summed E-state index contributed by atoms with van der Waals surface area (Å²) in [5, 5.41) is 3.54. The summed E-state index contributed by atoms with van der Waals surface area (Å²) in [7, 11) is 1.69. The van der Waals surface area contributed by atoms with Crippen LogP contribution in [0.4, 0.5) is 5.69 Å². The van der Waals surface area contributed by atoms with E-state index in [0.717, 1.165) is 36.4 Å². The van der Waals surface area contributed by atoms with Crippen LogP contribution in [-0.4, -0.2) is 37.7 Å². The average Bonchev–Trinajstić information content (AvgIpc) is 2.78. The summed E-state index contributed by atoms with van der Waals surface area (Å²) in [6.07, 6.45) is 6.73. The summed E-state index contributed by atoms with van der Waals surface area (Å²) in [5.41, 5.74) is 2.64. The monoisotopic (exact) mass is 410 g/mol. The molecule has 0 radical (unpaired) electrons. The first-order chi connectivity index (χ1) is 14.7. The predicted molar refractivity (Wildman–Crippen MR) is 121 cm³/mol. The Balaban J connectivity index is 1.66. The number of methoxy groups -OCH3 is 1. The Hall–Kier alpha value is -2.53. The van der Waals surface area contributed by atoms with E-state index in [0.29, 0.717) is 18.7 Å². The second-order valence-electron chi connectivity index (χ2n) is 7.77. The van der Waals surface area contributed by atoms with Crippen molar-refractivity contribution in [2.24, 2.45) is 0 Å². The summed E-state index contributed by atoms with van der Waals surface area (Å²) in [4.78, 5) is 15.0. The van der Waals surface area contributed by atoms with Crippen molar-refractivity contribution in [3.8, 4) is 5.75 Å². The van der Waals surface area contributed by atoms with Crippen LogP contribution in [0, 0.1) is 0 Å². The average molecular weight is 411 g/mol. The molecule has 0 aromatic heterocycles. The molecule has 1 aliphatic heterocycles. The number of nitrogens with zero attached hydrogens (tertiary/aromatic N) is 1. The van der Waals surface area contributed by atoms with Crippen molar-refractivity contribution in [2.45, 2.75) is 51.6 Å². The maximum Gasteiger partial charge on any atom is 0.257 e. The Labute approximate surface area is 180 Å². The second-order valence-corrected chi connectivity index (χ2v) is 7.77. The molecule has 0 aliphatic carbocycles. The fraction of sp³-hybridized carbons (Fsp3) is 0.480. The zero-order chi connectivity index (χ0) is 21.2. The minimum absolute atomic E-state index is 0.0536. The van der Waals surface area contributed by atoms with Gasteiger partial charge in [0.25, 0.3) is 5.91 Å². The molecule has 1 atom stereocenters. The number of unbranched alkanes of at least 4 members (excludes halogenated alkanes) is 4. The maximum atomic E-state index is 13.1. The number of benzene rings is 2. The van der Waals surface area contributed by atoms with Crippen molar-refractivity contribution in [1.82, 2.24) is 4.90 Å². The molecule has 0 spiro atoms. The van der Waals surface area contributed by atoms with Gasteiger partial charge in [-0.25, -0.2) is 0 Å². The number of anilines is 1. The van der Waals surface area contributed by atoms with E-state index in [1.54, 1.807) is 7.11 Å². The van der Waals surface area contributed by atoms with Gasteiger partial charge in [-0.1, -0.05) is 56.9 Å². The molecule has 5 nitrogen and oxygen atoms in total. The fourth-order valence-corrected chi connectivity index (χ4v) is 3.81. The van der Waals surface area contributed by atoms with Gasteiger partial charge in [0, 0.05) is 25.9 Å². The molecule has 5 heteroatoms. The van der Waals surface area contributed by atoms with Gasteiger partial charge in [-0.3, -0.25) is 4.79 Å². The first-order valence-electron chi connectivity index (χ1n) is 11.1. The lowest BCUT2D eigenvalue weighted by atomic mass is 10.0. The largest absolute Gasteiger partial charge is 0.494 e. The molecule has 2 aromatic rings. The second kappa shape index (κ2) is 11.6. The van der Waals surface area contributed by atoms with Gasteiger partial charge in [-0.05, 0) is 42.7 Å². The molecule has 3 rings (SSSR count). The van der Waals surface area contributed by atoms with Crippen LogP contribution in [0.1, 0.15) is 67.5 Å². The van der Waals surface area contributed by atoms with Crippen LogP contribution in [-0.2, 0) is 4.74 Å². The van der Waals surface area contributed by atoms with Gasteiger partial charge >= 0.3 is 0 Å². The highest BCUT2D eigenvalue weighted by molar-refractivity contribution is 6.01. The van der Waals surface area contributed by atoms with Gasteiger partial charge in [0.2, 0.25) is 0 Å². The molecule has 1 aliphatic rings. The van der Waals surface area contributed by atoms with Crippen LogP contribution in [0.25, 0.3) is 0 Å². The smallest absolute Gasteiger partial charge is 0.257 e. The van der Waals surface area contributed by atoms with Gasteiger partial charge < -0.3 is 19.7 Å². The molecule has 0 bridgehead atoms. The number of hydrogen-bond donors (Lipinski definition) is 1. The van der Waals surface area contributed by atoms with Crippen LogP contribution >= 0.6 is 0 Å². The van der Waals surface area contributed by atoms with E-state index in [4.69, 9.17) is 9.47 Å². The minimum Gasteiger partial charge on any atom is -0.494 e. The van der Waals surface area contributed by atoms with E-state index in [9.17, 15) is 4.79 Å². The first kappa shape index (κ1) is 22.2. The minimum atomic E-state index is -0.202. The van der Waals surface area contributed by atoms with Crippen LogP contribution in [0.15, 0.2) is 48.5 Å². The summed E-state index contributed by atoms with van der Waals surface area (Å²) < 4.78 is 11.1. The molecule has 0 saturated carbocycles. The van der Waals surface area contributed by atoms with Gasteiger partial charge in [0.1, 0.15) is 11.9 Å². The Kier molecular flexibility index (Phi) is 8.57. The summed E-state index contributed by atoms with van der Waals surface area (Å²) in [5.74, 6) is 0.931. The van der Waals surface area contributed by atoms with E-state index < -0.39 is 0 Å². The molecule has 1 heterocycles. The third kappa shape index (κ3) is 5.76. The predicted octanol–water partition coefficient (Wildman–Crippen LogP) is 5.64. The number of rotatable bonds is 12. The van der Waals surface area contributed by atoms with Crippen molar-refractivity contribution >= 4 is 11.6 Å². The van der Waals surface area contributed by atoms with Crippen molar-refractivity contribution in [1.29, 1.82) is 0 Å². The van der Waals surface area contributed by atoms with Crippen LogP contribution in [0.3, 0.4) is 0 Å². The van der Waals surface area contributed by atoms with Crippen molar-refractivity contribution in [2.75, 3.05) is 32.2 Å². The summed E-state index contributed by atoms with van der Waals surface area (Å²) >= 11 is 0. The number of hydrogen-bond acceptors (Lipinski definition) is 4. The van der Waals surface area contributed by atoms with E-state index in [1.807, 2.05) is 41.3 Å². The molecular formula is C25H34N2O3. The molecule has 30 heavy (non-hydrogen) atoms. The Morgan fingerprint density at radius 2 is 1.70 bits per heavy atom. The van der Waals surface area contributed by atoms with Crippen LogP contribution in [0.2, 0.25) is 0 Å². The van der Waals surface area contributed by atoms with Gasteiger partial charge in [0.05, 0.1) is 12.2 Å². The van der Waals surface area contributed by atoms with Crippen LogP contribution in [0.5, 0.6) is 5.75 Å². The molecule has 1 amide bonds. The zero-order valence-corrected chi connectivity index (χ0v) is 18.2. The number of para-hydroxylation sites is 1. The molecule has 1 N–H and O–H groups in total. The van der Waals surface area contributed by atoms with Crippen molar-refractivity contribution < 1.29 is 14.3 Å². The Bertz CT molecular complexity index is 791. The summed E-state index contributed by atoms with van der Waals surface area (Å²) in [6.45, 7) is 4.24. The SMILES string of the molecule is CCCCCCCOc1ccc(C2Nc3ccccc3C(=O)N2CCCOC)cc1. The van der Waals surface area contributed by atoms with E-state index >= 15 is 0 Å². The first-order valence-corrected chi connectivity index (χ1v) is 11.1. The lowest BCUT2D eigenvalue weighted by Gasteiger charge is -2.38. The fourth-order valence-electron chi connectivity index (χ4n) is 3.81. The molecule has 0 saturated heterocycles. The highest BCUT2D eigenvalue weighted by Crippen LogP contribution is 2.33. The molecule has 162 valence electrons. The van der Waals surface area contributed by atoms with Crippen molar-refractivity contribution in [3.63, 3.8) is 0 Å². The van der Waals surface area contributed by atoms with Crippen molar-refractivity contribution in [3.05, 3.63) is 59.7 Å². The number of amides is 1. The van der Waals surface area contributed by atoms with E-state index in [-0.39, 0.29) is 12.1 Å². The normalized spacial score (nSPS) is 15.6. The van der Waals surface area contributed by atoms with Crippen LogP contribution < -0.4 is 10.1 Å². The molecular weight excluding hydrogens is 376 g/mol. The third-order valence-corrected chi connectivity index (χ3v) is 5.48. The topological polar surface area (TPSA) is 50.8 Å². The molecule has 2 aromatic carbocycles. The van der Waals surface area contributed by atoms with Gasteiger partial charge in [-0.2, -0.15) is 0 Å². The highest BCUT2D eigenvalue weighted by Gasteiger charge is 2.32. The Morgan fingerprint density at radius 1 is 0.933 bits per heavy atom. The van der Waals surface area contributed by atoms with E-state index in [1.165, 1.54) is 25.7 Å². The number of ether oxygens (including phenoxy) is 2. The number of fused-ring (bicyclic) bond motifs is 1. The third-order valence-electron chi connectivity index (χ3n) is 5.48. The molecule has 1 unspecified atom stereocenters. The highest BCUT2D eigenvalue weighted by atomic mass is 16.5. The standard InChI is InChI=1S/C25H34N2O3/c1-3-4-5-6-9-19-30-21-15-13-20(14-16-21)24-26-23-12-8-7-11-22(23)25(28)27(24)17-10-18-29-2/h7-8,11-16,24,26H,3-6,9-10,17-19H2,1-2H3. The Morgan fingerprint density at radius 3 is 2.47 bits per heavy atom. The quantitative estimate of drug-likeness (QED) is 0.460. The molecule has 0 fully saturated rings. The van der Waals surface area contributed by atoms with E-state index in [2.05, 4.69) is 24.4 Å². The van der Waals surface area contributed by atoms with Gasteiger partial charge in [-0.15, -0.1) is 0 Å². The maximum absolute atomic E-state index is 13.1. The lowest BCUT2D eigenvalue weighted by Crippen LogP contribution is -2.43. The number of nitrogens with one attached hydrogen (secondary N) is 1. The summed E-state index contributed by atoms with van der Waals surface area (Å²) in [6, 6.07) is 15.8. The number of carbonyl (C=O) groups excluding carboxylic acids is 1. The number of carbonyl (C=O) groups is 1. The lowest BCUT2D eigenvalue weighted by molar-refractivity contribution is 0.0660.